The molecule has 0 aliphatic heterocycles. The summed E-state index contributed by atoms with van der Waals surface area (Å²) in [6, 6.07) is 0. The predicted octanol–water partition coefficient (Wildman–Crippen LogP) is -0.218. The van der Waals surface area contributed by atoms with Gasteiger partial charge in [-0.05, 0) is 0 Å². The fraction of sp³-hybridized carbons (Fsp3) is 1.00. The average molecular weight is 244 g/mol. The number of hydrogen-bond acceptors (Lipinski definition) is 0. The Hall–Kier alpha value is 1.10. The third-order valence-corrected chi connectivity index (χ3v) is 2.33. The number of rotatable bonds is 4. The molecular formula is C7H15BrZn. The quantitative estimate of drug-likeness (QED) is 0.600. The molecule has 0 amide bonds. The van der Waals surface area contributed by atoms with Crippen LogP contribution in [0.15, 0.2) is 0 Å². The fourth-order valence-corrected chi connectivity index (χ4v) is 2.45. The van der Waals surface area contributed by atoms with Crippen LogP contribution in [0.3, 0.4) is 0 Å². The van der Waals surface area contributed by atoms with E-state index in [4.69, 9.17) is 0 Å². The van der Waals surface area contributed by atoms with Crippen molar-refractivity contribution in [3.63, 3.8) is 0 Å². The van der Waals surface area contributed by atoms with E-state index in [1.165, 1.54) is 42.6 Å². The molecule has 0 aromatic carbocycles. The van der Waals surface area contributed by atoms with Crippen LogP contribution in [-0.2, 0) is 18.3 Å². The Balaban J connectivity index is 0. The average Bonchev–Trinajstić information content (AvgIpc) is 1.68. The first-order chi connectivity index (χ1) is 3.81. The summed E-state index contributed by atoms with van der Waals surface area (Å²) in [5.41, 5.74) is 0. The van der Waals surface area contributed by atoms with Crippen molar-refractivity contribution in [2.45, 2.75) is 38.1 Å². The smallest absolute Gasteiger partial charge is 1.00 e. The second-order valence-corrected chi connectivity index (χ2v) is 4.02. The Kier molecular flexibility index (Phi) is 12.9. The predicted molar refractivity (Wildman–Crippen MR) is 33.5 cm³/mol. The van der Waals surface area contributed by atoms with E-state index in [9.17, 15) is 0 Å². The van der Waals surface area contributed by atoms with E-state index in [1.807, 2.05) is 0 Å². The Bertz CT molecular complexity index is 42.2. The Morgan fingerprint density at radius 2 is 1.89 bits per heavy atom. The fourth-order valence-electron chi connectivity index (χ4n) is 0.986. The van der Waals surface area contributed by atoms with E-state index >= 15 is 0 Å². The van der Waals surface area contributed by atoms with E-state index in [2.05, 4.69) is 13.8 Å². The molecule has 0 N–H and O–H groups in total. The molecule has 0 fully saturated rings. The van der Waals surface area contributed by atoms with E-state index in [1.54, 1.807) is 0 Å². The molecule has 0 aliphatic rings. The van der Waals surface area contributed by atoms with Crippen molar-refractivity contribution in [2.75, 3.05) is 0 Å². The molecule has 0 spiro atoms. The van der Waals surface area contributed by atoms with Crippen molar-refractivity contribution in [1.82, 2.24) is 0 Å². The largest absolute Gasteiger partial charge is 1.00 e. The molecule has 0 nitrogen and oxygen atoms in total. The third-order valence-electron chi connectivity index (χ3n) is 1.48. The maximum Gasteiger partial charge on any atom is -1.00 e. The number of hydrogen-bond donors (Lipinski definition) is 0. The van der Waals surface area contributed by atoms with Gasteiger partial charge in [0.05, 0.1) is 0 Å². The first-order valence-corrected chi connectivity index (χ1v) is 5.70. The summed E-state index contributed by atoms with van der Waals surface area (Å²) >= 11 is 1.48. The van der Waals surface area contributed by atoms with Crippen molar-refractivity contribution in [2.24, 2.45) is 5.92 Å². The van der Waals surface area contributed by atoms with Gasteiger partial charge >= 0.3 is 62.3 Å². The molecule has 2 heteroatoms. The minimum atomic E-state index is 0. The molecule has 52 valence electrons. The molecule has 9 heavy (non-hydrogen) atoms. The molecule has 0 saturated heterocycles. The van der Waals surface area contributed by atoms with Gasteiger partial charge in [0.1, 0.15) is 0 Å². The summed E-state index contributed by atoms with van der Waals surface area (Å²) in [7, 11) is 0. The van der Waals surface area contributed by atoms with Gasteiger partial charge in [-0.25, -0.2) is 0 Å². The zero-order chi connectivity index (χ0) is 6.41. The van der Waals surface area contributed by atoms with Crippen LogP contribution in [-0.4, -0.2) is 0 Å². The van der Waals surface area contributed by atoms with Gasteiger partial charge in [-0.15, -0.1) is 0 Å². The van der Waals surface area contributed by atoms with Crippen LogP contribution in [0.4, 0.5) is 0 Å². The van der Waals surface area contributed by atoms with Gasteiger partial charge in [-0.2, -0.15) is 0 Å². The van der Waals surface area contributed by atoms with Crippen LogP contribution in [0, 0.1) is 5.92 Å². The van der Waals surface area contributed by atoms with E-state index in [0.717, 1.165) is 5.92 Å². The van der Waals surface area contributed by atoms with Crippen molar-refractivity contribution in [3.05, 3.63) is 0 Å². The van der Waals surface area contributed by atoms with Gasteiger partial charge in [0.25, 0.3) is 0 Å². The summed E-state index contributed by atoms with van der Waals surface area (Å²) in [6.45, 7) is 4.63. The van der Waals surface area contributed by atoms with Gasteiger partial charge in [0.15, 0.2) is 0 Å². The summed E-state index contributed by atoms with van der Waals surface area (Å²) in [6.07, 6.45) is 4.26. The van der Waals surface area contributed by atoms with Gasteiger partial charge < -0.3 is 17.0 Å². The zero-order valence-corrected chi connectivity index (χ0v) is 11.0. The summed E-state index contributed by atoms with van der Waals surface area (Å²) in [5, 5.41) is 1.47. The standard InChI is InChI=1S/C7H15.BrH.Zn/c1-4-6-7(3)5-2;;/h7H,2,4-6H2,1,3H3;1H;/q;;+1/p-1. The Labute approximate surface area is 79.2 Å². The second kappa shape index (κ2) is 9.10. The Morgan fingerprint density at radius 1 is 1.33 bits per heavy atom. The van der Waals surface area contributed by atoms with Crippen LogP contribution < -0.4 is 17.0 Å². The summed E-state index contributed by atoms with van der Waals surface area (Å²) in [4.78, 5) is 0. The first kappa shape index (κ1) is 12.8. The maximum atomic E-state index is 2.36. The molecular weight excluding hydrogens is 229 g/mol. The molecule has 0 bridgehead atoms. The van der Waals surface area contributed by atoms with E-state index in [-0.39, 0.29) is 17.0 Å². The van der Waals surface area contributed by atoms with Crippen molar-refractivity contribution in [3.8, 4) is 0 Å². The van der Waals surface area contributed by atoms with Gasteiger partial charge in [0.2, 0.25) is 0 Å². The minimum Gasteiger partial charge on any atom is -1.00 e. The van der Waals surface area contributed by atoms with Crippen molar-refractivity contribution in [1.29, 1.82) is 0 Å². The topological polar surface area (TPSA) is 0 Å². The SMILES string of the molecule is CCCC(C)C[CH2][Zn+].[Br-]. The summed E-state index contributed by atoms with van der Waals surface area (Å²) in [5.74, 6) is 0.994. The van der Waals surface area contributed by atoms with Crippen LogP contribution in [0.2, 0.25) is 5.02 Å². The molecule has 1 atom stereocenters. The van der Waals surface area contributed by atoms with Gasteiger partial charge in [0, 0.05) is 0 Å². The van der Waals surface area contributed by atoms with Crippen molar-refractivity contribution < 1.29 is 35.3 Å². The maximum absolute atomic E-state index is 2.36. The number of halogens is 1. The molecule has 1 unspecified atom stereocenters. The second-order valence-electron chi connectivity index (χ2n) is 2.54. The third kappa shape index (κ3) is 9.10. The first-order valence-electron chi connectivity index (χ1n) is 3.60. The minimum absolute atomic E-state index is 0. The summed E-state index contributed by atoms with van der Waals surface area (Å²) < 4.78 is 0. The van der Waals surface area contributed by atoms with Crippen LogP contribution in [0.25, 0.3) is 0 Å². The normalized spacial score (nSPS) is 12.4. The van der Waals surface area contributed by atoms with E-state index < -0.39 is 0 Å². The van der Waals surface area contributed by atoms with Gasteiger partial charge in [-0.3, -0.25) is 0 Å². The van der Waals surface area contributed by atoms with Crippen LogP contribution >= 0.6 is 0 Å². The monoisotopic (exact) mass is 242 g/mol. The van der Waals surface area contributed by atoms with Crippen LogP contribution in [0.5, 0.6) is 0 Å². The zero-order valence-electron chi connectivity index (χ0n) is 6.49. The molecule has 0 radical (unpaired) electrons. The van der Waals surface area contributed by atoms with Crippen LogP contribution in [0.1, 0.15) is 33.1 Å². The van der Waals surface area contributed by atoms with Gasteiger partial charge in [-0.1, -0.05) is 0 Å². The van der Waals surface area contributed by atoms with Crippen molar-refractivity contribution >= 4 is 0 Å². The van der Waals surface area contributed by atoms with E-state index in [0.29, 0.717) is 0 Å². The molecule has 0 aliphatic carbocycles. The molecule has 0 saturated carbocycles. The Morgan fingerprint density at radius 3 is 2.22 bits per heavy atom. The molecule has 0 rings (SSSR count). The molecule has 0 aromatic rings. The molecule has 0 aromatic heterocycles. The molecule has 0 heterocycles.